The van der Waals surface area contributed by atoms with Crippen LogP contribution in [0.25, 0.3) is 0 Å². The summed E-state index contributed by atoms with van der Waals surface area (Å²) in [6.07, 6.45) is 6.29. The minimum absolute atomic E-state index is 0.147. The summed E-state index contributed by atoms with van der Waals surface area (Å²) in [5.74, 6) is 0.830. The lowest BCUT2D eigenvalue weighted by molar-refractivity contribution is 0.253. The van der Waals surface area contributed by atoms with E-state index in [1.54, 1.807) is 0 Å². The molecule has 1 aliphatic carbocycles. The zero-order valence-electron chi connectivity index (χ0n) is 7.72. The van der Waals surface area contributed by atoms with Gasteiger partial charge in [0.25, 0.3) is 3.90 Å². The Hall–Kier alpha value is -0.130. The molecule has 3 nitrogen and oxygen atoms in total. The van der Waals surface area contributed by atoms with E-state index in [2.05, 4.69) is 39.7 Å². The first-order chi connectivity index (χ1) is 6.21. The minimum atomic E-state index is 0.147. The van der Waals surface area contributed by atoms with Crippen LogP contribution in [0.2, 0.25) is 0 Å². The van der Waals surface area contributed by atoms with Crippen LogP contribution < -0.4 is 0 Å². The Bertz CT molecular complexity index is 292. The highest BCUT2D eigenvalue weighted by molar-refractivity contribution is 14.1. The van der Waals surface area contributed by atoms with E-state index in [-0.39, 0.29) is 5.41 Å². The van der Waals surface area contributed by atoms with E-state index < -0.39 is 0 Å². The van der Waals surface area contributed by atoms with Crippen molar-refractivity contribution < 1.29 is 4.42 Å². The van der Waals surface area contributed by atoms with Gasteiger partial charge in [-0.25, -0.2) is 0 Å². The molecule has 1 aliphatic rings. The SMILES string of the molecule is CC1(c2nnc(I)o2)CCCCC1. The lowest BCUT2D eigenvalue weighted by Crippen LogP contribution is -2.25. The van der Waals surface area contributed by atoms with Gasteiger partial charge < -0.3 is 4.42 Å². The summed E-state index contributed by atoms with van der Waals surface area (Å²) < 4.78 is 6.14. The van der Waals surface area contributed by atoms with Crippen molar-refractivity contribution in [2.45, 2.75) is 44.4 Å². The highest BCUT2D eigenvalue weighted by atomic mass is 127. The molecule has 0 aromatic carbocycles. The zero-order chi connectivity index (χ0) is 9.31. The van der Waals surface area contributed by atoms with Gasteiger partial charge >= 0.3 is 0 Å². The third-order valence-corrected chi connectivity index (χ3v) is 3.31. The molecule has 4 heteroatoms. The summed E-state index contributed by atoms with van der Waals surface area (Å²) in [7, 11) is 0. The van der Waals surface area contributed by atoms with E-state index >= 15 is 0 Å². The van der Waals surface area contributed by atoms with E-state index in [9.17, 15) is 0 Å². The second-order valence-electron chi connectivity index (χ2n) is 3.98. The molecule has 1 fully saturated rings. The van der Waals surface area contributed by atoms with Crippen molar-refractivity contribution in [1.82, 2.24) is 10.2 Å². The van der Waals surface area contributed by atoms with Gasteiger partial charge in [0.15, 0.2) is 0 Å². The molecule has 0 N–H and O–H groups in total. The predicted octanol–water partition coefficient (Wildman–Crippen LogP) is 2.90. The molecular weight excluding hydrogens is 279 g/mol. The van der Waals surface area contributed by atoms with Gasteiger partial charge in [-0.2, -0.15) is 0 Å². The van der Waals surface area contributed by atoms with Crippen LogP contribution in [0.5, 0.6) is 0 Å². The van der Waals surface area contributed by atoms with Gasteiger partial charge in [-0.05, 0) is 12.8 Å². The smallest absolute Gasteiger partial charge is 0.278 e. The van der Waals surface area contributed by atoms with Crippen molar-refractivity contribution in [3.63, 3.8) is 0 Å². The molecule has 1 aromatic heterocycles. The molecule has 13 heavy (non-hydrogen) atoms. The molecule has 0 aliphatic heterocycles. The van der Waals surface area contributed by atoms with Gasteiger partial charge in [-0.1, -0.05) is 26.2 Å². The Balaban J connectivity index is 2.22. The average Bonchev–Trinajstić information content (AvgIpc) is 2.54. The molecule has 0 atom stereocenters. The van der Waals surface area contributed by atoms with E-state index in [0.29, 0.717) is 3.90 Å². The summed E-state index contributed by atoms with van der Waals surface area (Å²) in [5.41, 5.74) is 0.147. The Labute approximate surface area is 91.4 Å². The molecule has 0 spiro atoms. The minimum Gasteiger partial charge on any atom is -0.416 e. The first kappa shape index (κ1) is 9.43. The highest BCUT2D eigenvalue weighted by Crippen LogP contribution is 2.38. The average molecular weight is 292 g/mol. The fourth-order valence-electron chi connectivity index (χ4n) is 2.00. The molecule has 0 amide bonds. The molecule has 2 rings (SSSR count). The molecule has 72 valence electrons. The van der Waals surface area contributed by atoms with Gasteiger partial charge in [0.2, 0.25) is 5.89 Å². The van der Waals surface area contributed by atoms with Crippen LogP contribution in [0.3, 0.4) is 0 Å². The van der Waals surface area contributed by atoms with Crippen LogP contribution in [0.1, 0.15) is 44.9 Å². The number of rotatable bonds is 1. The molecular formula is C9H13IN2O. The number of nitrogens with zero attached hydrogens (tertiary/aromatic N) is 2. The van der Waals surface area contributed by atoms with Crippen LogP contribution >= 0.6 is 22.6 Å². The second kappa shape index (κ2) is 3.55. The van der Waals surface area contributed by atoms with Crippen molar-refractivity contribution in [2.24, 2.45) is 0 Å². The number of hydrogen-bond donors (Lipinski definition) is 0. The molecule has 1 aromatic rings. The Morgan fingerprint density at radius 2 is 1.92 bits per heavy atom. The summed E-state index contributed by atoms with van der Waals surface area (Å²) in [5, 5.41) is 7.99. The van der Waals surface area contributed by atoms with E-state index in [1.165, 1.54) is 32.1 Å². The first-order valence-corrected chi connectivity index (χ1v) is 5.78. The van der Waals surface area contributed by atoms with Crippen molar-refractivity contribution in [3.05, 3.63) is 9.79 Å². The summed E-state index contributed by atoms with van der Waals surface area (Å²) in [4.78, 5) is 0. The van der Waals surface area contributed by atoms with Crippen LogP contribution in [-0.4, -0.2) is 10.2 Å². The van der Waals surface area contributed by atoms with Crippen molar-refractivity contribution in [3.8, 4) is 0 Å². The zero-order valence-corrected chi connectivity index (χ0v) is 9.87. The van der Waals surface area contributed by atoms with Gasteiger partial charge in [0.05, 0.1) is 0 Å². The monoisotopic (exact) mass is 292 g/mol. The number of halogens is 1. The second-order valence-corrected chi connectivity index (χ2v) is 4.90. The number of hydrogen-bond acceptors (Lipinski definition) is 3. The van der Waals surface area contributed by atoms with Crippen molar-refractivity contribution in [1.29, 1.82) is 0 Å². The lowest BCUT2D eigenvalue weighted by Gasteiger charge is -2.29. The van der Waals surface area contributed by atoms with E-state index in [0.717, 1.165) is 5.89 Å². The maximum Gasteiger partial charge on any atom is 0.278 e. The molecule has 1 saturated carbocycles. The van der Waals surface area contributed by atoms with Crippen LogP contribution in [0.4, 0.5) is 0 Å². The third kappa shape index (κ3) is 1.87. The Kier molecular flexibility index (Phi) is 2.58. The summed E-state index contributed by atoms with van der Waals surface area (Å²) in [6, 6.07) is 0. The topological polar surface area (TPSA) is 38.9 Å². The standard InChI is InChI=1S/C9H13IN2O/c1-9(5-3-2-4-6-9)7-11-12-8(10)13-7/h2-6H2,1H3. The van der Waals surface area contributed by atoms with Gasteiger partial charge in [-0.15, -0.1) is 10.2 Å². The molecule has 0 bridgehead atoms. The Morgan fingerprint density at radius 1 is 1.23 bits per heavy atom. The quantitative estimate of drug-likeness (QED) is 0.747. The van der Waals surface area contributed by atoms with E-state index in [1.807, 2.05) is 0 Å². The molecule has 0 saturated heterocycles. The maximum atomic E-state index is 5.49. The molecule has 0 radical (unpaired) electrons. The summed E-state index contributed by atoms with van der Waals surface area (Å²) in [6.45, 7) is 2.23. The van der Waals surface area contributed by atoms with Crippen molar-refractivity contribution >= 4 is 22.6 Å². The van der Waals surface area contributed by atoms with E-state index in [4.69, 9.17) is 4.42 Å². The fourth-order valence-corrected chi connectivity index (χ4v) is 2.31. The van der Waals surface area contributed by atoms with Gasteiger partial charge in [0, 0.05) is 28.0 Å². The third-order valence-electron chi connectivity index (χ3n) is 2.87. The normalized spacial score (nSPS) is 21.7. The predicted molar refractivity (Wildman–Crippen MR) is 57.5 cm³/mol. The van der Waals surface area contributed by atoms with Gasteiger partial charge in [0.1, 0.15) is 0 Å². The Morgan fingerprint density at radius 3 is 2.46 bits per heavy atom. The largest absolute Gasteiger partial charge is 0.416 e. The maximum absolute atomic E-state index is 5.49. The summed E-state index contributed by atoms with van der Waals surface area (Å²) >= 11 is 2.06. The molecule has 0 unspecified atom stereocenters. The first-order valence-electron chi connectivity index (χ1n) is 4.70. The lowest BCUT2D eigenvalue weighted by atomic mass is 9.76. The highest BCUT2D eigenvalue weighted by Gasteiger charge is 2.33. The van der Waals surface area contributed by atoms with Crippen molar-refractivity contribution in [2.75, 3.05) is 0 Å². The number of aromatic nitrogens is 2. The van der Waals surface area contributed by atoms with Crippen LogP contribution in [-0.2, 0) is 5.41 Å². The van der Waals surface area contributed by atoms with Crippen LogP contribution in [0.15, 0.2) is 4.42 Å². The molecule has 1 heterocycles. The van der Waals surface area contributed by atoms with Gasteiger partial charge in [-0.3, -0.25) is 0 Å². The fraction of sp³-hybridized carbons (Fsp3) is 0.778. The van der Waals surface area contributed by atoms with Crippen LogP contribution in [0, 0.1) is 3.90 Å².